The molecule has 0 aromatic heterocycles. The lowest BCUT2D eigenvalue weighted by Gasteiger charge is -2.20. The average molecular weight is 448 g/mol. The van der Waals surface area contributed by atoms with Gasteiger partial charge >= 0.3 is 0 Å². The van der Waals surface area contributed by atoms with Gasteiger partial charge in [0.25, 0.3) is 0 Å². The van der Waals surface area contributed by atoms with E-state index in [9.17, 15) is 13.2 Å². The van der Waals surface area contributed by atoms with Crippen LogP contribution in [0.5, 0.6) is 0 Å². The van der Waals surface area contributed by atoms with Crippen molar-refractivity contribution in [3.05, 3.63) is 102 Å². The van der Waals surface area contributed by atoms with Crippen molar-refractivity contribution in [1.29, 1.82) is 5.26 Å². The molecule has 0 aliphatic carbocycles. The maximum Gasteiger partial charge on any atom is 0.243 e. The molecule has 3 aromatic carbocycles. The Hall–Kier alpha value is -3.47. The molecule has 3 aromatic rings. The molecule has 0 saturated heterocycles. The number of carbonyl (C=O) groups is 1. The zero-order valence-corrected chi connectivity index (χ0v) is 18.6. The molecule has 0 bridgehead atoms. The number of hydrogen-bond donors (Lipinski definition) is 1. The van der Waals surface area contributed by atoms with Crippen molar-refractivity contribution < 1.29 is 13.2 Å². The quantitative estimate of drug-likeness (QED) is 0.543. The molecule has 0 aliphatic rings. The smallest absolute Gasteiger partial charge is 0.243 e. The molecule has 1 N–H and O–H groups in total. The molecule has 0 aliphatic heterocycles. The number of likely N-dealkylation sites (N-methyl/N-ethyl adjacent to an activating group) is 1. The first-order valence-corrected chi connectivity index (χ1v) is 11.7. The Labute approximate surface area is 189 Å². The second-order valence-corrected chi connectivity index (χ2v) is 9.45. The van der Waals surface area contributed by atoms with Crippen molar-refractivity contribution in [2.24, 2.45) is 0 Å². The van der Waals surface area contributed by atoms with Crippen LogP contribution in [0.3, 0.4) is 0 Å². The maximum atomic E-state index is 12.7. The Morgan fingerprint density at radius 3 is 1.97 bits per heavy atom. The van der Waals surface area contributed by atoms with E-state index in [-0.39, 0.29) is 23.3 Å². The van der Waals surface area contributed by atoms with Crippen LogP contribution in [-0.2, 0) is 14.8 Å². The Kier molecular flexibility index (Phi) is 7.77. The number of nitriles is 1. The van der Waals surface area contributed by atoms with Crippen LogP contribution in [0.1, 0.15) is 29.0 Å². The first-order valence-electron chi connectivity index (χ1n) is 10.2. The van der Waals surface area contributed by atoms with Crippen LogP contribution in [0.15, 0.2) is 89.8 Å². The molecular weight excluding hydrogens is 422 g/mol. The monoisotopic (exact) mass is 447 g/mol. The Morgan fingerprint density at radius 1 is 0.938 bits per heavy atom. The van der Waals surface area contributed by atoms with Crippen LogP contribution in [0, 0.1) is 11.3 Å². The normalized spacial score (nSPS) is 11.3. The lowest BCUT2D eigenvalue weighted by Crippen LogP contribution is -2.38. The van der Waals surface area contributed by atoms with Gasteiger partial charge in [-0.2, -0.15) is 9.57 Å². The molecule has 32 heavy (non-hydrogen) atoms. The van der Waals surface area contributed by atoms with E-state index in [4.69, 9.17) is 5.26 Å². The zero-order valence-electron chi connectivity index (χ0n) is 17.8. The van der Waals surface area contributed by atoms with Gasteiger partial charge in [-0.05, 0) is 41.8 Å². The van der Waals surface area contributed by atoms with Crippen LogP contribution >= 0.6 is 0 Å². The van der Waals surface area contributed by atoms with Gasteiger partial charge < -0.3 is 5.32 Å². The number of hydrogen-bond acceptors (Lipinski definition) is 4. The summed E-state index contributed by atoms with van der Waals surface area (Å²) >= 11 is 0. The lowest BCUT2D eigenvalue weighted by atomic mass is 9.88. The SMILES string of the molecule is CN(CC(=O)NCCC(c1ccccc1)c1ccccc1)S(=O)(=O)c1ccc(C#N)cc1. The van der Waals surface area contributed by atoms with E-state index in [1.165, 1.54) is 31.3 Å². The lowest BCUT2D eigenvalue weighted by molar-refractivity contribution is -0.121. The van der Waals surface area contributed by atoms with Gasteiger partial charge in [-0.15, -0.1) is 0 Å². The summed E-state index contributed by atoms with van der Waals surface area (Å²) in [5.41, 5.74) is 2.69. The molecule has 0 fully saturated rings. The van der Waals surface area contributed by atoms with Crippen LogP contribution in [0.25, 0.3) is 0 Å². The van der Waals surface area contributed by atoms with Gasteiger partial charge in [-0.25, -0.2) is 8.42 Å². The highest BCUT2D eigenvalue weighted by atomic mass is 32.2. The number of benzene rings is 3. The van der Waals surface area contributed by atoms with E-state index in [2.05, 4.69) is 29.6 Å². The van der Waals surface area contributed by atoms with Crippen LogP contribution in [0.2, 0.25) is 0 Å². The number of nitrogens with one attached hydrogen (secondary N) is 1. The highest BCUT2D eigenvalue weighted by Crippen LogP contribution is 2.27. The highest BCUT2D eigenvalue weighted by Gasteiger charge is 2.23. The second-order valence-electron chi connectivity index (χ2n) is 7.41. The van der Waals surface area contributed by atoms with E-state index in [1.54, 1.807) is 0 Å². The number of nitrogens with zero attached hydrogens (tertiary/aromatic N) is 2. The van der Waals surface area contributed by atoms with E-state index < -0.39 is 10.0 Å². The molecule has 0 spiro atoms. The number of sulfonamides is 1. The fourth-order valence-electron chi connectivity index (χ4n) is 3.48. The van der Waals surface area contributed by atoms with E-state index in [1.807, 2.05) is 42.5 Å². The van der Waals surface area contributed by atoms with Gasteiger partial charge in [0.2, 0.25) is 15.9 Å². The molecule has 0 radical (unpaired) electrons. The number of carbonyl (C=O) groups excluding carboxylic acids is 1. The van der Waals surface area contributed by atoms with Gasteiger partial charge in [0.15, 0.2) is 0 Å². The zero-order chi connectivity index (χ0) is 23.0. The van der Waals surface area contributed by atoms with Gasteiger partial charge in [-0.3, -0.25) is 4.79 Å². The van der Waals surface area contributed by atoms with Crippen LogP contribution in [-0.4, -0.2) is 38.8 Å². The van der Waals surface area contributed by atoms with Crippen molar-refractivity contribution in [3.63, 3.8) is 0 Å². The predicted octanol–water partition coefficient (Wildman–Crippen LogP) is 3.52. The van der Waals surface area contributed by atoms with Crippen molar-refractivity contribution in [1.82, 2.24) is 9.62 Å². The standard InChI is InChI=1S/C25H25N3O3S/c1-28(32(30,31)23-14-12-20(18-26)13-15-23)19-25(29)27-17-16-24(21-8-4-2-5-9-21)22-10-6-3-7-11-22/h2-15,24H,16-17,19H2,1H3,(H,27,29). The summed E-state index contributed by atoms with van der Waals surface area (Å²) in [6, 6.07) is 27.7. The fourth-order valence-corrected chi connectivity index (χ4v) is 4.60. The van der Waals surface area contributed by atoms with E-state index in [0.717, 1.165) is 15.4 Å². The number of rotatable bonds is 9. The minimum absolute atomic E-state index is 0.0417. The summed E-state index contributed by atoms with van der Waals surface area (Å²) < 4.78 is 26.4. The molecule has 0 saturated carbocycles. The first kappa shape index (κ1) is 23.2. The van der Waals surface area contributed by atoms with Crippen molar-refractivity contribution >= 4 is 15.9 Å². The average Bonchev–Trinajstić information content (AvgIpc) is 2.83. The van der Waals surface area contributed by atoms with Crippen molar-refractivity contribution in [2.45, 2.75) is 17.2 Å². The maximum absolute atomic E-state index is 12.7. The molecule has 6 nitrogen and oxygen atoms in total. The van der Waals surface area contributed by atoms with Crippen molar-refractivity contribution in [2.75, 3.05) is 20.1 Å². The first-order chi connectivity index (χ1) is 15.4. The molecule has 0 unspecified atom stereocenters. The van der Waals surface area contributed by atoms with Crippen molar-refractivity contribution in [3.8, 4) is 6.07 Å². The third kappa shape index (κ3) is 5.82. The molecule has 0 heterocycles. The molecule has 0 atom stereocenters. The van der Waals surface area contributed by atoms with Gasteiger partial charge in [0.1, 0.15) is 0 Å². The molecule has 7 heteroatoms. The molecule has 1 amide bonds. The third-order valence-electron chi connectivity index (χ3n) is 5.22. The fraction of sp³-hybridized carbons (Fsp3) is 0.200. The van der Waals surface area contributed by atoms with Crippen LogP contribution < -0.4 is 5.32 Å². The highest BCUT2D eigenvalue weighted by molar-refractivity contribution is 7.89. The summed E-state index contributed by atoms with van der Waals surface area (Å²) in [7, 11) is -2.46. The molecule has 164 valence electrons. The predicted molar refractivity (Wildman–Crippen MR) is 123 cm³/mol. The number of amides is 1. The van der Waals surface area contributed by atoms with Crippen LogP contribution in [0.4, 0.5) is 0 Å². The summed E-state index contributed by atoms with van der Waals surface area (Å²) in [5, 5.41) is 11.7. The largest absolute Gasteiger partial charge is 0.355 e. The van der Waals surface area contributed by atoms with Gasteiger partial charge in [0, 0.05) is 19.5 Å². The Bertz CT molecular complexity index is 1130. The second kappa shape index (κ2) is 10.7. The summed E-state index contributed by atoms with van der Waals surface area (Å²) in [4.78, 5) is 12.5. The topological polar surface area (TPSA) is 90.3 Å². The molecule has 3 rings (SSSR count). The van der Waals surface area contributed by atoms with E-state index in [0.29, 0.717) is 18.5 Å². The Morgan fingerprint density at radius 2 is 1.47 bits per heavy atom. The minimum atomic E-state index is -3.82. The van der Waals surface area contributed by atoms with E-state index >= 15 is 0 Å². The summed E-state index contributed by atoms with van der Waals surface area (Å²) in [5.74, 6) is -0.248. The summed E-state index contributed by atoms with van der Waals surface area (Å²) in [6.07, 6.45) is 0.686. The third-order valence-corrected chi connectivity index (χ3v) is 7.03. The summed E-state index contributed by atoms with van der Waals surface area (Å²) in [6.45, 7) is 0.127. The van der Waals surface area contributed by atoms with Gasteiger partial charge in [-0.1, -0.05) is 60.7 Å². The molecular formula is C25H25N3O3S. The Balaban J connectivity index is 1.60. The van der Waals surface area contributed by atoms with Gasteiger partial charge in [0.05, 0.1) is 23.1 Å². The minimum Gasteiger partial charge on any atom is -0.355 e.